The minimum absolute atomic E-state index is 0.0262. The second-order valence-corrected chi connectivity index (χ2v) is 11.6. The van der Waals surface area contributed by atoms with Crippen LogP contribution in [0.2, 0.25) is 0 Å². The van der Waals surface area contributed by atoms with Gasteiger partial charge in [0.15, 0.2) is 11.5 Å². The van der Waals surface area contributed by atoms with Gasteiger partial charge in [-0.2, -0.15) is 0 Å². The average Bonchev–Trinajstić information content (AvgIpc) is 3.22. The number of piperidine rings is 1. The van der Waals surface area contributed by atoms with Gasteiger partial charge >= 0.3 is 5.97 Å². The number of methoxy groups -OCH3 is 1. The molecule has 2 aliphatic carbocycles. The third-order valence-corrected chi connectivity index (χ3v) is 9.64. The van der Waals surface area contributed by atoms with Gasteiger partial charge in [0.05, 0.1) is 24.3 Å². The minimum Gasteiger partial charge on any atom is -0.492 e. The molecule has 0 aromatic carbocycles. The molecule has 190 valence electrons. The summed E-state index contributed by atoms with van der Waals surface area (Å²) in [6.07, 6.45) is 17.4. The maximum Gasteiger partial charge on any atom is 0.343 e. The molecule has 2 bridgehead atoms. The third kappa shape index (κ3) is 3.62. The number of hydrogen-bond acceptors (Lipinski definition) is 6. The maximum atomic E-state index is 12.3. The highest BCUT2D eigenvalue weighted by Crippen LogP contribution is 2.57. The van der Waals surface area contributed by atoms with E-state index in [1.807, 2.05) is 0 Å². The van der Waals surface area contributed by atoms with Gasteiger partial charge in [-0.15, -0.1) is 0 Å². The fourth-order valence-corrected chi connectivity index (χ4v) is 7.98. The molecule has 1 spiro atoms. The lowest BCUT2D eigenvalue weighted by molar-refractivity contribution is -0.133. The van der Waals surface area contributed by atoms with Crippen LogP contribution in [-0.4, -0.2) is 47.3 Å². The summed E-state index contributed by atoms with van der Waals surface area (Å²) in [5, 5.41) is 11.5. The van der Waals surface area contributed by atoms with Crippen LogP contribution in [0.15, 0.2) is 46.8 Å². The van der Waals surface area contributed by atoms with Crippen LogP contribution in [0, 0.1) is 23.7 Å². The Kier molecular flexibility index (Phi) is 5.88. The maximum absolute atomic E-state index is 12.3. The first-order valence-corrected chi connectivity index (χ1v) is 13.7. The molecule has 5 heterocycles. The largest absolute Gasteiger partial charge is 0.492 e. The van der Waals surface area contributed by atoms with E-state index in [-0.39, 0.29) is 41.4 Å². The number of carbonyl (C=O) groups excluding carboxylic acids is 1. The quantitative estimate of drug-likeness (QED) is 0.452. The van der Waals surface area contributed by atoms with Gasteiger partial charge in [0.25, 0.3) is 0 Å². The number of allylic oxidation sites excluding steroid dienone is 1. The zero-order valence-corrected chi connectivity index (χ0v) is 21.3. The summed E-state index contributed by atoms with van der Waals surface area (Å²) < 4.78 is 17.7. The van der Waals surface area contributed by atoms with Crippen LogP contribution in [0.1, 0.15) is 71.6 Å². The number of aliphatic hydroxyl groups excluding tert-OH is 1. The fraction of sp³-hybridized carbons (Fsp3) is 0.690. The molecule has 0 aromatic rings. The molecule has 7 rings (SSSR count). The van der Waals surface area contributed by atoms with Crippen molar-refractivity contribution in [2.75, 3.05) is 13.7 Å². The fourth-order valence-electron chi connectivity index (χ4n) is 7.98. The van der Waals surface area contributed by atoms with Crippen molar-refractivity contribution in [3.63, 3.8) is 0 Å². The van der Waals surface area contributed by atoms with Crippen molar-refractivity contribution in [1.29, 1.82) is 0 Å². The van der Waals surface area contributed by atoms with Crippen LogP contribution in [0.5, 0.6) is 0 Å². The summed E-state index contributed by atoms with van der Waals surface area (Å²) in [6, 6.07) is 0.177. The first-order valence-electron chi connectivity index (χ1n) is 13.7. The van der Waals surface area contributed by atoms with Gasteiger partial charge in [-0.3, -0.25) is 4.90 Å². The topological polar surface area (TPSA) is 68.2 Å². The van der Waals surface area contributed by atoms with E-state index >= 15 is 0 Å². The number of aliphatic hydroxyl groups is 1. The van der Waals surface area contributed by atoms with E-state index in [9.17, 15) is 9.90 Å². The van der Waals surface area contributed by atoms with Gasteiger partial charge < -0.3 is 19.3 Å². The first kappa shape index (κ1) is 23.4. The van der Waals surface area contributed by atoms with Gasteiger partial charge in [-0.25, -0.2) is 4.79 Å². The molecule has 6 nitrogen and oxygen atoms in total. The Morgan fingerprint density at radius 3 is 2.77 bits per heavy atom. The molecular weight excluding hydrogens is 442 g/mol. The number of hydrogen-bond donors (Lipinski definition) is 1. The molecular formula is C29H39NO5. The van der Waals surface area contributed by atoms with Gasteiger partial charge in [0, 0.05) is 30.3 Å². The number of nitrogens with zero attached hydrogens (tertiary/aromatic N) is 1. The SMILES string of the molecule is COC1=C(C)C(=O)OC1=C1OC2=CC3C=CC4(CCCC(C(O)CC5CCCCC5)N4C3)C2C1C. The number of ether oxygens (including phenoxy) is 3. The van der Waals surface area contributed by atoms with Crippen molar-refractivity contribution >= 4 is 5.97 Å². The summed E-state index contributed by atoms with van der Waals surface area (Å²) >= 11 is 0. The summed E-state index contributed by atoms with van der Waals surface area (Å²) in [4.78, 5) is 14.9. The monoisotopic (exact) mass is 481 g/mol. The number of esters is 1. The van der Waals surface area contributed by atoms with Crippen molar-refractivity contribution in [3.05, 3.63) is 46.8 Å². The molecule has 7 aliphatic rings. The lowest BCUT2D eigenvalue weighted by Gasteiger charge is -2.56. The van der Waals surface area contributed by atoms with Crippen molar-refractivity contribution in [3.8, 4) is 0 Å². The average molecular weight is 482 g/mol. The van der Waals surface area contributed by atoms with Gasteiger partial charge in [-0.05, 0) is 44.6 Å². The van der Waals surface area contributed by atoms with Crippen LogP contribution in [0.3, 0.4) is 0 Å². The van der Waals surface area contributed by atoms with E-state index in [0.29, 0.717) is 28.8 Å². The molecule has 1 saturated carbocycles. The van der Waals surface area contributed by atoms with Crippen LogP contribution < -0.4 is 0 Å². The van der Waals surface area contributed by atoms with Crippen LogP contribution in [-0.2, 0) is 19.0 Å². The predicted molar refractivity (Wildman–Crippen MR) is 132 cm³/mol. The Morgan fingerprint density at radius 2 is 2.00 bits per heavy atom. The lowest BCUT2D eigenvalue weighted by Crippen LogP contribution is -2.64. The van der Waals surface area contributed by atoms with Crippen molar-refractivity contribution < 1.29 is 24.1 Å². The molecule has 6 heteroatoms. The molecule has 6 unspecified atom stereocenters. The van der Waals surface area contributed by atoms with Gasteiger partial charge in [0.1, 0.15) is 5.76 Å². The Labute approximate surface area is 208 Å². The molecule has 0 amide bonds. The Bertz CT molecular complexity index is 1020. The second-order valence-electron chi connectivity index (χ2n) is 11.6. The normalized spacial score (nSPS) is 40.1. The van der Waals surface area contributed by atoms with Gasteiger partial charge in [0.2, 0.25) is 5.76 Å². The molecule has 2 saturated heterocycles. The van der Waals surface area contributed by atoms with E-state index in [2.05, 4.69) is 30.1 Å². The Hall–Kier alpha value is -2.05. The summed E-state index contributed by atoms with van der Waals surface area (Å²) in [5.74, 6) is 3.29. The van der Waals surface area contributed by atoms with Crippen LogP contribution in [0.25, 0.3) is 0 Å². The van der Waals surface area contributed by atoms with Crippen molar-refractivity contribution in [2.45, 2.75) is 89.3 Å². The number of cyclic esters (lactones) is 1. The zero-order chi connectivity index (χ0) is 24.3. The number of carbonyl (C=O) groups is 1. The molecule has 1 N–H and O–H groups in total. The summed E-state index contributed by atoms with van der Waals surface area (Å²) in [5.41, 5.74) is 0.294. The summed E-state index contributed by atoms with van der Waals surface area (Å²) in [7, 11) is 1.57. The predicted octanol–water partition coefficient (Wildman–Crippen LogP) is 4.97. The molecule has 0 radical (unpaired) electrons. The van der Waals surface area contributed by atoms with E-state index in [4.69, 9.17) is 14.2 Å². The standard InChI is InChI=1S/C29H39NO5/c1-17-24-23(34-26(17)27-25(33-3)18(2)28(32)35-27)15-20-11-13-29(24)12-7-10-21(30(29)16-20)22(31)14-19-8-5-4-6-9-19/h11,13,15,17,19-22,24,31H,4-10,12,14,16H2,1-3H3. The lowest BCUT2D eigenvalue weighted by atomic mass is 9.67. The highest BCUT2D eigenvalue weighted by Gasteiger charge is 2.59. The third-order valence-electron chi connectivity index (χ3n) is 9.64. The molecule has 35 heavy (non-hydrogen) atoms. The second kappa shape index (κ2) is 8.81. The molecule has 3 fully saturated rings. The van der Waals surface area contributed by atoms with E-state index in [1.54, 1.807) is 14.0 Å². The first-order chi connectivity index (χ1) is 16.9. The number of rotatable bonds is 4. The zero-order valence-electron chi connectivity index (χ0n) is 21.3. The molecule has 0 aromatic heterocycles. The van der Waals surface area contributed by atoms with E-state index in [1.165, 1.54) is 32.1 Å². The van der Waals surface area contributed by atoms with Crippen molar-refractivity contribution in [2.24, 2.45) is 23.7 Å². The van der Waals surface area contributed by atoms with Gasteiger partial charge in [-0.1, -0.05) is 51.2 Å². The van der Waals surface area contributed by atoms with Crippen molar-refractivity contribution in [1.82, 2.24) is 4.90 Å². The minimum atomic E-state index is -0.369. The Balaban J connectivity index is 1.33. The van der Waals surface area contributed by atoms with Crippen LogP contribution >= 0.6 is 0 Å². The highest BCUT2D eigenvalue weighted by atomic mass is 16.6. The van der Waals surface area contributed by atoms with E-state index in [0.717, 1.165) is 38.0 Å². The Morgan fingerprint density at radius 1 is 1.20 bits per heavy atom. The smallest absolute Gasteiger partial charge is 0.343 e. The molecule has 5 aliphatic heterocycles. The van der Waals surface area contributed by atoms with Crippen LogP contribution in [0.4, 0.5) is 0 Å². The molecule has 6 atom stereocenters. The van der Waals surface area contributed by atoms with E-state index < -0.39 is 0 Å². The highest BCUT2D eigenvalue weighted by molar-refractivity contribution is 5.93. The summed E-state index contributed by atoms with van der Waals surface area (Å²) in [6.45, 7) is 4.85.